The molecule has 1 aliphatic carbocycles. The van der Waals surface area contributed by atoms with Gasteiger partial charge in [0.25, 0.3) is 0 Å². The molecule has 1 saturated carbocycles. The zero-order valence-corrected chi connectivity index (χ0v) is 10.8. The maximum atomic E-state index is 6.23. The Balaban J connectivity index is 2.29. The molecule has 0 radical (unpaired) electrons. The summed E-state index contributed by atoms with van der Waals surface area (Å²) < 4.78 is 0. The lowest BCUT2D eigenvalue weighted by Crippen LogP contribution is -2.27. The van der Waals surface area contributed by atoms with E-state index < -0.39 is 0 Å². The standard InChI is InChI=1S/C13H17Cl2N/c14-9-6-7-12(15)11(8-9)10-4-2-1-3-5-13(10)16/h6-8,10,13H,1-5,16H2. The van der Waals surface area contributed by atoms with Gasteiger partial charge < -0.3 is 5.73 Å². The van der Waals surface area contributed by atoms with E-state index in [1.807, 2.05) is 18.2 Å². The van der Waals surface area contributed by atoms with Crippen LogP contribution in [0.2, 0.25) is 10.0 Å². The predicted octanol–water partition coefficient (Wildman–Crippen LogP) is 4.37. The predicted molar refractivity (Wildman–Crippen MR) is 70.3 cm³/mol. The van der Waals surface area contributed by atoms with Gasteiger partial charge in [-0.2, -0.15) is 0 Å². The van der Waals surface area contributed by atoms with Crippen LogP contribution < -0.4 is 5.73 Å². The van der Waals surface area contributed by atoms with Gasteiger partial charge in [0.2, 0.25) is 0 Å². The largest absolute Gasteiger partial charge is 0.327 e. The molecule has 2 rings (SSSR count). The molecular formula is C13H17Cl2N. The number of hydrogen-bond donors (Lipinski definition) is 1. The van der Waals surface area contributed by atoms with Gasteiger partial charge in [-0.25, -0.2) is 0 Å². The van der Waals surface area contributed by atoms with E-state index in [4.69, 9.17) is 28.9 Å². The Morgan fingerprint density at radius 3 is 2.62 bits per heavy atom. The SMILES string of the molecule is NC1CCCCCC1c1cc(Cl)ccc1Cl. The van der Waals surface area contributed by atoms with E-state index in [1.165, 1.54) is 19.3 Å². The highest BCUT2D eigenvalue weighted by molar-refractivity contribution is 6.33. The molecular weight excluding hydrogens is 241 g/mol. The minimum atomic E-state index is 0.221. The molecule has 0 bridgehead atoms. The number of benzene rings is 1. The lowest BCUT2D eigenvalue weighted by atomic mass is 9.88. The maximum absolute atomic E-state index is 6.23. The van der Waals surface area contributed by atoms with Gasteiger partial charge in [0.15, 0.2) is 0 Å². The number of hydrogen-bond acceptors (Lipinski definition) is 1. The zero-order chi connectivity index (χ0) is 11.5. The summed E-state index contributed by atoms with van der Waals surface area (Å²) in [5.41, 5.74) is 7.36. The van der Waals surface area contributed by atoms with Gasteiger partial charge in [0, 0.05) is 22.0 Å². The maximum Gasteiger partial charge on any atom is 0.0442 e. The molecule has 2 unspecified atom stereocenters. The van der Waals surface area contributed by atoms with Crippen LogP contribution in [0.3, 0.4) is 0 Å². The second-order valence-corrected chi connectivity index (χ2v) is 5.42. The smallest absolute Gasteiger partial charge is 0.0442 e. The highest BCUT2D eigenvalue weighted by Gasteiger charge is 2.23. The normalized spacial score (nSPS) is 26.4. The molecule has 0 aliphatic heterocycles. The van der Waals surface area contributed by atoms with Crippen LogP contribution in [-0.4, -0.2) is 6.04 Å². The summed E-state index contributed by atoms with van der Waals surface area (Å²) >= 11 is 12.3. The van der Waals surface area contributed by atoms with Crippen molar-refractivity contribution in [2.45, 2.75) is 44.1 Å². The summed E-state index contributed by atoms with van der Waals surface area (Å²) in [6, 6.07) is 5.89. The Bertz CT molecular complexity index is 365. The van der Waals surface area contributed by atoms with Gasteiger partial charge in [-0.05, 0) is 36.6 Å². The van der Waals surface area contributed by atoms with Crippen molar-refractivity contribution >= 4 is 23.2 Å². The molecule has 2 atom stereocenters. The van der Waals surface area contributed by atoms with E-state index in [0.717, 1.165) is 28.5 Å². The molecule has 0 heterocycles. The third-order valence-corrected chi connectivity index (χ3v) is 4.01. The molecule has 1 aromatic carbocycles. The van der Waals surface area contributed by atoms with Crippen molar-refractivity contribution in [1.29, 1.82) is 0 Å². The third-order valence-electron chi connectivity index (χ3n) is 3.43. The second-order valence-electron chi connectivity index (χ2n) is 4.57. The molecule has 0 saturated heterocycles. The summed E-state index contributed by atoms with van der Waals surface area (Å²) in [5, 5.41) is 1.54. The van der Waals surface area contributed by atoms with Crippen LogP contribution in [0.1, 0.15) is 43.6 Å². The minimum absolute atomic E-state index is 0.221. The summed E-state index contributed by atoms with van der Waals surface area (Å²) in [7, 11) is 0. The molecule has 0 aromatic heterocycles. The highest BCUT2D eigenvalue weighted by Crippen LogP contribution is 2.36. The Morgan fingerprint density at radius 2 is 1.81 bits per heavy atom. The number of halogens is 2. The average Bonchev–Trinajstić information content (AvgIpc) is 2.47. The summed E-state index contributed by atoms with van der Waals surface area (Å²) in [5.74, 6) is 0.369. The zero-order valence-electron chi connectivity index (χ0n) is 9.26. The number of rotatable bonds is 1. The fourth-order valence-corrected chi connectivity index (χ4v) is 2.96. The molecule has 1 aromatic rings. The van der Waals surface area contributed by atoms with Gasteiger partial charge in [-0.1, -0.05) is 42.5 Å². The van der Waals surface area contributed by atoms with E-state index in [-0.39, 0.29) is 6.04 Å². The van der Waals surface area contributed by atoms with Crippen LogP contribution >= 0.6 is 23.2 Å². The van der Waals surface area contributed by atoms with E-state index >= 15 is 0 Å². The summed E-state index contributed by atoms with van der Waals surface area (Å²) in [4.78, 5) is 0. The first-order chi connectivity index (χ1) is 7.68. The molecule has 16 heavy (non-hydrogen) atoms. The quantitative estimate of drug-likeness (QED) is 0.744. The average molecular weight is 258 g/mol. The fraction of sp³-hybridized carbons (Fsp3) is 0.538. The molecule has 0 amide bonds. The fourth-order valence-electron chi connectivity index (χ4n) is 2.52. The highest BCUT2D eigenvalue weighted by atomic mass is 35.5. The Hall–Kier alpha value is -0.240. The molecule has 1 nitrogen and oxygen atoms in total. The van der Waals surface area contributed by atoms with E-state index in [1.54, 1.807) is 0 Å². The van der Waals surface area contributed by atoms with Crippen LogP contribution in [0.15, 0.2) is 18.2 Å². The minimum Gasteiger partial charge on any atom is -0.327 e. The van der Waals surface area contributed by atoms with Crippen molar-refractivity contribution < 1.29 is 0 Å². The van der Waals surface area contributed by atoms with E-state index in [0.29, 0.717) is 5.92 Å². The first kappa shape index (κ1) is 12.2. The molecule has 3 heteroatoms. The van der Waals surface area contributed by atoms with E-state index in [2.05, 4.69) is 0 Å². The Labute approximate surface area is 107 Å². The van der Waals surface area contributed by atoms with Crippen LogP contribution in [0.4, 0.5) is 0 Å². The molecule has 2 N–H and O–H groups in total. The lowest BCUT2D eigenvalue weighted by Gasteiger charge is -2.23. The molecule has 1 aliphatic rings. The van der Waals surface area contributed by atoms with Gasteiger partial charge in [0.1, 0.15) is 0 Å². The number of nitrogens with two attached hydrogens (primary N) is 1. The van der Waals surface area contributed by atoms with Gasteiger partial charge >= 0.3 is 0 Å². The Morgan fingerprint density at radius 1 is 1.06 bits per heavy atom. The van der Waals surface area contributed by atoms with Crippen molar-refractivity contribution in [3.05, 3.63) is 33.8 Å². The van der Waals surface area contributed by atoms with Crippen LogP contribution in [0, 0.1) is 0 Å². The first-order valence-corrected chi connectivity index (χ1v) is 6.64. The van der Waals surface area contributed by atoms with Crippen molar-refractivity contribution in [2.75, 3.05) is 0 Å². The second kappa shape index (κ2) is 5.39. The van der Waals surface area contributed by atoms with Gasteiger partial charge in [0.05, 0.1) is 0 Å². The monoisotopic (exact) mass is 257 g/mol. The summed E-state index contributed by atoms with van der Waals surface area (Å²) in [6.07, 6.45) is 5.97. The van der Waals surface area contributed by atoms with Crippen LogP contribution in [0.25, 0.3) is 0 Å². The van der Waals surface area contributed by atoms with Crippen molar-refractivity contribution in [3.8, 4) is 0 Å². The van der Waals surface area contributed by atoms with Gasteiger partial charge in [-0.3, -0.25) is 0 Å². The lowest BCUT2D eigenvalue weighted by molar-refractivity contribution is 0.505. The van der Waals surface area contributed by atoms with Crippen molar-refractivity contribution in [2.24, 2.45) is 5.73 Å². The van der Waals surface area contributed by atoms with Crippen LogP contribution in [0.5, 0.6) is 0 Å². The van der Waals surface area contributed by atoms with Crippen molar-refractivity contribution in [1.82, 2.24) is 0 Å². The molecule has 1 fully saturated rings. The molecule has 0 spiro atoms. The Kier molecular flexibility index (Phi) is 4.12. The van der Waals surface area contributed by atoms with E-state index in [9.17, 15) is 0 Å². The molecule has 88 valence electrons. The third kappa shape index (κ3) is 2.71. The topological polar surface area (TPSA) is 26.0 Å². The first-order valence-electron chi connectivity index (χ1n) is 5.89. The van der Waals surface area contributed by atoms with Crippen molar-refractivity contribution in [3.63, 3.8) is 0 Å². The van der Waals surface area contributed by atoms with Gasteiger partial charge in [-0.15, -0.1) is 0 Å². The van der Waals surface area contributed by atoms with Crippen LogP contribution in [-0.2, 0) is 0 Å². The summed E-state index contributed by atoms with van der Waals surface area (Å²) in [6.45, 7) is 0.